The van der Waals surface area contributed by atoms with E-state index in [-0.39, 0.29) is 11.5 Å². The van der Waals surface area contributed by atoms with Crippen molar-refractivity contribution in [2.75, 3.05) is 0 Å². The van der Waals surface area contributed by atoms with E-state index in [1.165, 1.54) is 0 Å². The third kappa shape index (κ3) is 5.03. The Labute approximate surface area is 102 Å². The SMILES string of the molecule is CCCCC#CC(=O)/C=C(\O)c1ccccc1. The van der Waals surface area contributed by atoms with Gasteiger partial charge < -0.3 is 5.11 Å². The highest BCUT2D eigenvalue weighted by Crippen LogP contribution is 2.09. The van der Waals surface area contributed by atoms with Crippen LogP contribution in [0.15, 0.2) is 36.4 Å². The lowest BCUT2D eigenvalue weighted by atomic mass is 10.1. The van der Waals surface area contributed by atoms with Crippen molar-refractivity contribution in [3.63, 3.8) is 0 Å². The molecule has 1 N–H and O–H groups in total. The van der Waals surface area contributed by atoms with Gasteiger partial charge >= 0.3 is 0 Å². The number of aliphatic hydroxyl groups excluding tert-OH is 1. The van der Waals surface area contributed by atoms with Crippen LogP contribution < -0.4 is 0 Å². The lowest BCUT2D eigenvalue weighted by Crippen LogP contribution is -1.91. The topological polar surface area (TPSA) is 37.3 Å². The quantitative estimate of drug-likeness (QED) is 0.282. The molecule has 0 spiro atoms. The molecule has 2 heteroatoms. The third-order valence-corrected chi connectivity index (χ3v) is 2.20. The van der Waals surface area contributed by atoms with Crippen LogP contribution in [-0.2, 0) is 4.79 Å². The maximum Gasteiger partial charge on any atom is 0.232 e. The number of hydrogen-bond donors (Lipinski definition) is 1. The average molecular weight is 228 g/mol. The van der Waals surface area contributed by atoms with Gasteiger partial charge in [0.05, 0.1) is 0 Å². The van der Waals surface area contributed by atoms with Crippen LogP contribution in [0, 0.1) is 11.8 Å². The van der Waals surface area contributed by atoms with Crippen molar-refractivity contribution in [2.45, 2.75) is 26.2 Å². The fourth-order valence-corrected chi connectivity index (χ4v) is 1.27. The number of carbonyl (C=O) groups is 1. The zero-order valence-corrected chi connectivity index (χ0v) is 9.94. The van der Waals surface area contributed by atoms with Crippen LogP contribution >= 0.6 is 0 Å². The number of hydrogen-bond acceptors (Lipinski definition) is 2. The van der Waals surface area contributed by atoms with Gasteiger partial charge in [-0.1, -0.05) is 49.6 Å². The van der Waals surface area contributed by atoms with Crippen LogP contribution in [-0.4, -0.2) is 10.9 Å². The first-order chi connectivity index (χ1) is 8.24. The Morgan fingerprint density at radius 3 is 2.71 bits per heavy atom. The van der Waals surface area contributed by atoms with Crippen molar-refractivity contribution in [3.8, 4) is 11.8 Å². The van der Waals surface area contributed by atoms with Crippen molar-refractivity contribution < 1.29 is 9.90 Å². The molecule has 0 unspecified atom stereocenters. The number of benzene rings is 1. The van der Waals surface area contributed by atoms with Crippen LogP contribution in [0.3, 0.4) is 0 Å². The number of aliphatic hydroxyl groups is 1. The molecule has 0 saturated carbocycles. The van der Waals surface area contributed by atoms with Crippen LogP contribution in [0.5, 0.6) is 0 Å². The van der Waals surface area contributed by atoms with Gasteiger partial charge in [-0.3, -0.25) is 4.79 Å². The molecule has 0 fully saturated rings. The number of ketones is 1. The first-order valence-corrected chi connectivity index (χ1v) is 5.73. The van der Waals surface area contributed by atoms with Gasteiger partial charge in [-0.05, 0) is 12.3 Å². The molecule has 0 amide bonds. The Morgan fingerprint density at radius 2 is 2.06 bits per heavy atom. The second kappa shape index (κ2) is 7.29. The minimum absolute atomic E-state index is 0.0413. The Morgan fingerprint density at radius 1 is 1.35 bits per heavy atom. The van der Waals surface area contributed by atoms with E-state index in [1.54, 1.807) is 24.3 Å². The van der Waals surface area contributed by atoms with Gasteiger partial charge in [-0.15, -0.1) is 0 Å². The van der Waals surface area contributed by atoms with Crippen molar-refractivity contribution in [2.24, 2.45) is 0 Å². The van der Waals surface area contributed by atoms with Gasteiger partial charge in [-0.2, -0.15) is 0 Å². The smallest absolute Gasteiger partial charge is 0.232 e. The molecule has 0 bridgehead atoms. The highest BCUT2D eigenvalue weighted by Gasteiger charge is 1.99. The Kier molecular flexibility index (Phi) is 5.60. The third-order valence-electron chi connectivity index (χ3n) is 2.20. The Balaban J connectivity index is 2.62. The molecule has 0 saturated heterocycles. The number of carbonyl (C=O) groups excluding carboxylic acids is 1. The second-order valence-corrected chi connectivity index (χ2v) is 3.67. The molecule has 17 heavy (non-hydrogen) atoms. The van der Waals surface area contributed by atoms with Gasteiger partial charge in [0.1, 0.15) is 5.76 Å². The molecular weight excluding hydrogens is 212 g/mol. The van der Waals surface area contributed by atoms with Crippen LogP contribution in [0.4, 0.5) is 0 Å². The first-order valence-electron chi connectivity index (χ1n) is 5.73. The van der Waals surface area contributed by atoms with E-state index in [9.17, 15) is 9.90 Å². The summed E-state index contributed by atoms with van der Waals surface area (Å²) >= 11 is 0. The summed E-state index contributed by atoms with van der Waals surface area (Å²) in [5, 5.41) is 9.67. The van der Waals surface area contributed by atoms with Crippen LogP contribution in [0.25, 0.3) is 5.76 Å². The van der Waals surface area contributed by atoms with Gasteiger partial charge in [0.2, 0.25) is 5.78 Å². The number of allylic oxidation sites excluding steroid dienone is 1. The number of rotatable bonds is 4. The lowest BCUT2D eigenvalue weighted by Gasteiger charge is -1.96. The van der Waals surface area contributed by atoms with Gasteiger partial charge in [0.15, 0.2) is 0 Å². The van der Waals surface area contributed by atoms with E-state index < -0.39 is 0 Å². The molecule has 1 aromatic rings. The molecule has 0 aliphatic rings. The summed E-state index contributed by atoms with van der Waals surface area (Å²) in [6, 6.07) is 8.93. The molecule has 0 heterocycles. The monoisotopic (exact) mass is 228 g/mol. The van der Waals surface area contributed by atoms with E-state index in [1.807, 2.05) is 6.07 Å². The van der Waals surface area contributed by atoms with Crippen LogP contribution in [0.1, 0.15) is 31.7 Å². The summed E-state index contributed by atoms with van der Waals surface area (Å²) in [6.45, 7) is 2.07. The molecular formula is C15H16O2. The molecule has 0 aromatic heterocycles. The summed E-state index contributed by atoms with van der Waals surface area (Å²) in [4.78, 5) is 11.4. The highest BCUT2D eigenvalue weighted by molar-refractivity contribution is 6.07. The highest BCUT2D eigenvalue weighted by atomic mass is 16.3. The molecule has 1 rings (SSSR count). The van der Waals surface area contributed by atoms with Gasteiger partial charge in [0.25, 0.3) is 0 Å². The maximum absolute atomic E-state index is 11.4. The largest absolute Gasteiger partial charge is 0.507 e. The Hall–Kier alpha value is -2.01. The summed E-state index contributed by atoms with van der Waals surface area (Å²) in [5.41, 5.74) is 0.621. The van der Waals surface area contributed by atoms with E-state index >= 15 is 0 Å². The van der Waals surface area contributed by atoms with Crippen LogP contribution in [0.2, 0.25) is 0 Å². The normalized spacial score (nSPS) is 10.5. The van der Waals surface area contributed by atoms with Crippen molar-refractivity contribution in [3.05, 3.63) is 42.0 Å². The molecule has 88 valence electrons. The zero-order valence-electron chi connectivity index (χ0n) is 9.94. The summed E-state index contributed by atoms with van der Waals surface area (Å²) in [5.74, 6) is 4.88. The molecule has 2 nitrogen and oxygen atoms in total. The van der Waals surface area contributed by atoms with E-state index in [2.05, 4.69) is 18.8 Å². The average Bonchev–Trinajstić information content (AvgIpc) is 2.36. The zero-order chi connectivity index (χ0) is 12.5. The van der Waals surface area contributed by atoms with Gasteiger partial charge in [0, 0.05) is 18.1 Å². The summed E-state index contributed by atoms with van der Waals surface area (Å²) in [7, 11) is 0. The van der Waals surface area contributed by atoms with E-state index in [0.29, 0.717) is 5.56 Å². The van der Waals surface area contributed by atoms with Crippen molar-refractivity contribution in [1.29, 1.82) is 0 Å². The maximum atomic E-state index is 11.4. The second-order valence-electron chi connectivity index (χ2n) is 3.67. The standard InChI is InChI=1S/C15H16O2/c1-2-3-4-8-11-14(16)12-15(17)13-9-6-5-7-10-13/h5-7,9-10,12,17H,2-4H2,1H3/b15-12-. The van der Waals surface area contributed by atoms with E-state index in [4.69, 9.17) is 0 Å². The van der Waals surface area contributed by atoms with Crippen molar-refractivity contribution >= 4 is 11.5 Å². The molecule has 0 atom stereocenters. The van der Waals surface area contributed by atoms with Gasteiger partial charge in [-0.25, -0.2) is 0 Å². The molecule has 0 aliphatic carbocycles. The first kappa shape index (κ1) is 13.1. The summed E-state index contributed by atoms with van der Waals surface area (Å²) < 4.78 is 0. The molecule has 0 aliphatic heterocycles. The fourth-order valence-electron chi connectivity index (χ4n) is 1.27. The fraction of sp³-hybridized carbons (Fsp3) is 0.267. The predicted molar refractivity (Wildman–Crippen MR) is 69.4 cm³/mol. The predicted octanol–water partition coefficient (Wildman–Crippen LogP) is 3.35. The Bertz CT molecular complexity index is 447. The number of unbranched alkanes of at least 4 members (excludes halogenated alkanes) is 2. The minimum Gasteiger partial charge on any atom is -0.507 e. The molecule has 1 aromatic carbocycles. The lowest BCUT2D eigenvalue weighted by molar-refractivity contribution is -0.109. The molecule has 0 radical (unpaired) electrons. The summed E-state index contributed by atoms with van der Waals surface area (Å²) in [6.07, 6.45) is 3.94. The minimum atomic E-state index is -0.359. The van der Waals surface area contributed by atoms with Crippen molar-refractivity contribution in [1.82, 2.24) is 0 Å². The van der Waals surface area contributed by atoms with E-state index in [0.717, 1.165) is 25.3 Å².